The third-order valence-corrected chi connectivity index (χ3v) is 2.30. The molecule has 0 aliphatic carbocycles. The molecule has 0 aliphatic heterocycles. The Morgan fingerprint density at radius 2 is 2.11 bits per heavy atom. The van der Waals surface area contributed by atoms with Crippen molar-refractivity contribution in [3.05, 3.63) is 39.9 Å². The summed E-state index contributed by atoms with van der Waals surface area (Å²) < 4.78 is 36.1. The van der Waals surface area contributed by atoms with E-state index in [0.29, 0.717) is 5.56 Å². The molecule has 0 spiro atoms. The van der Waals surface area contributed by atoms with Crippen LogP contribution in [-0.2, 0) is 11.2 Å². The smallest absolute Gasteiger partial charge is 0.345 e. The van der Waals surface area contributed by atoms with Crippen LogP contribution in [0.15, 0.2) is 24.3 Å². The highest BCUT2D eigenvalue weighted by atomic mass is 19.4. The Morgan fingerprint density at radius 3 is 2.63 bits per heavy atom. The minimum Gasteiger partial charge on any atom is -0.345 e. The highest BCUT2D eigenvalue weighted by Gasteiger charge is 2.39. The van der Waals surface area contributed by atoms with Crippen molar-refractivity contribution >= 4 is 11.6 Å². The van der Waals surface area contributed by atoms with E-state index in [1.54, 1.807) is 11.4 Å². The van der Waals surface area contributed by atoms with Gasteiger partial charge in [0.05, 0.1) is 4.92 Å². The molecule has 0 aliphatic rings. The van der Waals surface area contributed by atoms with Gasteiger partial charge in [-0.05, 0) is 18.9 Å². The Morgan fingerprint density at radius 1 is 1.47 bits per heavy atom. The van der Waals surface area contributed by atoms with E-state index in [4.69, 9.17) is 0 Å². The van der Waals surface area contributed by atoms with Crippen molar-refractivity contribution in [2.24, 2.45) is 0 Å². The lowest BCUT2D eigenvalue weighted by Gasteiger charge is -2.15. The van der Waals surface area contributed by atoms with Crippen molar-refractivity contribution in [1.82, 2.24) is 5.32 Å². The van der Waals surface area contributed by atoms with Gasteiger partial charge < -0.3 is 5.32 Å². The van der Waals surface area contributed by atoms with Crippen LogP contribution in [0.5, 0.6) is 0 Å². The van der Waals surface area contributed by atoms with E-state index in [9.17, 15) is 28.1 Å². The van der Waals surface area contributed by atoms with E-state index in [2.05, 4.69) is 0 Å². The molecular weight excluding hydrogens is 265 g/mol. The molecule has 0 aromatic heterocycles. The Labute approximate surface area is 106 Å². The van der Waals surface area contributed by atoms with Crippen LogP contribution in [0.4, 0.5) is 18.9 Å². The van der Waals surface area contributed by atoms with Crippen LogP contribution in [-0.4, -0.2) is 23.0 Å². The number of alkyl halides is 3. The maximum atomic E-state index is 12.0. The van der Waals surface area contributed by atoms with E-state index < -0.39 is 23.0 Å². The highest BCUT2D eigenvalue weighted by molar-refractivity contribution is 5.81. The Bertz CT molecular complexity index is 488. The molecule has 0 bridgehead atoms. The van der Waals surface area contributed by atoms with Crippen molar-refractivity contribution in [2.45, 2.75) is 25.6 Å². The maximum absolute atomic E-state index is 12.0. The minimum atomic E-state index is -4.93. The SMILES string of the molecule is C[C@H](Cc1cccc([N+](=O)[O-])c1)NC(=O)C(F)(F)F. The molecule has 104 valence electrons. The lowest BCUT2D eigenvalue weighted by molar-refractivity contribution is -0.384. The summed E-state index contributed by atoms with van der Waals surface area (Å²) in [6, 6.07) is 4.74. The van der Waals surface area contributed by atoms with Crippen molar-refractivity contribution in [3.8, 4) is 0 Å². The first-order valence-corrected chi connectivity index (χ1v) is 5.31. The molecule has 1 N–H and O–H groups in total. The second kappa shape index (κ2) is 5.68. The monoisotopic (exact) mass is 276 g/mol. The molecule has 1 rings (SSSR count). The lowest BCUT2D eigenvalue weighted by Crippen LogP contribution is -2.42. The fourth-order valence-electron chi connectivity index (χ4n) is 1.51. The molecule has 1 aromatic carbocycles. The number of nitrogens with zero attached hydrogens (tertiary/aromatic N) is 1. The minimum absolute atomic E-state index is 0.0729. The average molecular weight is 276 g/mol. The Hall–Kier alpha value is -2.12. The van der Waals surface area contributed by atoms with E-state index in [1.165, 1.54) is 25.1 Å². The second-order valence-corrected chi connectivity index (χ2v) is 4.00. The number of amides is 1. The van der Waals surface area contributed by atoms with Crippen LogP contribution >= 0.6 is 0 Å². The summed E-state index contributed by atoms with van der Waals surface area (Å²) in [5.74, 6) is -2.02. The van der Waals surface area contributed by atoms with Crippen molar-refractivity contribution in [2.75, 3.05) is 0 Å². The molecule has 1 atom stereocenters. The summed E-state index contributed by atoms with van der Waals surface area (Å²) in [4.78, 5) is 20.6. The predicted octanol–water partition coefficient (Wildman–Crippen LogP) is 2.20. The summed E-state index contributed by atoms with van der Waals surface area (Å²) >= 11 is 0. The van der Waals surface area contributed by atoms with Crippen LogP contribution < -0.4 is 5.32 Å². The van der Waals surface area contributed by atoms with Gasteiger partial charge in [0.15, 0.2) is 0 Å². The number of hydrogen-bond acceptors (Lipinski definition) is 3. The van der Waals surface area contributed by atoms with Gasteiger partial charge in [-0.2, -0.15) is 13.2 Å². The largest absolute Gasteiger partial charge is 0.471 e. The number of nitro groups is 1. The number of carbonyl (C=O) groups is 1. The third-order valence-electron chi connectivity index (χ3n) is 2.30. The maximum Gasteiger partial charge on any atom is 0.471 e. The summed E-state index contributed by atoms with van der Waals surface area (Å²) in [6.07, 6.45) is -4.86. The van der Waals surface area contributed by atoms with E-state index in [1.807, 2.05) is 0 Å². The molecular formula is C11H11F3N2O3. The zero-order valence-electron chi connectivity index (χ0n) is 9.90. The number of non-ortho nitro benzene ring substituents is 1. The summed E-state index contributed by atoms with van der Waals surface area (Å²) in [6.45, 7) is 1.39. The fourth-order valence-corrected chi connectivity index (χ4v) is 1.51. The normalized spacial score (nSPS) is 12.8. The molecule has 0 fully saturated rings. The predicted molar refractivity (Wildman–Crippen MR) is 60.5 cm³/mol. The van der Waals surface area contributed by atoms with Gasteiger partial charge in [0, 0.05) is 18.2 Å². The van der Waals surface area contributed by atoms with E-state index >= 15 is 0 Å². The van der Waals surface area contributed by atoms with Gasteiger partial charge in [0.25, 0.3) is 5.69 Å². The standard InChI is InChI=1S/C11H11F3N2O3/c1-7(15-10(17)11(12,13)14)5-8-3-2-4-9(6-8)16(18)19/h2-4,6-7H,5H2,1H3,(H,15,17)/t7-/m1/s1. The van der Waals surface area contributed by atoms with E-state index in [0.717, 1.165) is 0 Å². The molecule has 0 saturated heterocycles. The number of rotatable bonds is 4. The van der Waals surface area contributed by atoms with Gasteiger partial charge in [-0.3, -0.25) is 14.9 Å². The molecule has 1 amide bonds. The Balaban J connectivity index is 2.67. The first kappa shape index (κ1) is 14.9. The van der Waals surface area contributed by atoms with Gasteiger partial charge in [-0.15, -0.1) is 0 Å². The van der Waals surface area contributed by atoms with Crippen LogP contribution in [0.2, 0.25) is 0 Å². The van der Waals surface area contributed by atoms with E-state index in [-0.39, 0.29) is 12.1 Å². The molecule has 1 aromatic rings. The number of benzene rings is 1. The Kier molecular flexibility index (Phi) is 4.47. The summed E-state index contributed by atoms with van der Waals surface area (Å²) in [5, 5.41) is 12.3. The third kappa shape index (κ3) is 4.57. The highest BCUT2D eigenvalue weighted by Crippen LogP contribution is 2.17. The number of nitrogens with one attached hydrogen (secondary N) is 1. The van der Waals surface area contributed by atoms with Crippen LogP contribution in [0.3, 0.4) is 0 Å². The van der Waals surface area contributed by atoms with Crippen molar-refractivity contribution < 1.29 is 22.9 Å². The number of nitro benzene ring substituents is 1. The van der Waals surface area contributed by atoms with Crippen molar-refractivity contribution in [1.29, 1.82) is 0 Å². The second-order valence-electron chi connectivity index (χ2n) is 4.00. The van der Waals surface area contributed by atoms with Crippen LogP contribution in [0, 0.1) is 10.1 Å². The molecule has 5 nitrogen and oxygen atoms in total. The molecule has 0 heterocycles. The molecule has 0 unspecified atom stereocenters. The number of halogens is 3. The van der Waals surface area contributed by atoms with Gasteiger partial charge >= 0.3 is 12.1 Å². The average Bonchev–Trinajstić information content (AvgIpc) is 2.27. The molecule has 0 saturated carbocycles. The van der Waals surface area contributed by atoms with Gasteiger partial charge in [-0.1, -0.05) is 12.1 Å². The van der Waals surface area contributed by atoms with Gasteiger partial charge in [0.1, 0.15) is 0 Å². The van der Waals surface area contributed by atoms with Crippen molar-refractivity contribution in [3.63, 3.8) is 0 Å². The topological polar surface area (TPSA) is 72.2 Å². The molecule has 8 heteroatoms. The molecule has 0 radical (unpaired) electrons. The zero-order chi connectivity index (χ0) is 14.6. The van der Waals surface area contributed by atoms with Crippen LogP contribution in [0.25, 0.3) is 0 Å². The van der Waals surface area contributed by atoms with Gasteiger partial charge in [-0.25, -0.2) is 0 Å². The van der Waals surface area contributed by atoms with Crippen LogP contribution in [0.1, 0.15) is 12.5 Å². The summed E-state index contributed by atoms with van der Waals surface area (Å²) in [7, 11) is 0. The number of hydrogen-bond donors (Lipinski definition) is 1. The zero-order valence-corrected chi connectivity index (χ0v) is 9.90. The molecule has 19 heavy (non-hydrogen) atoms. The fraction of sp³-hybridized carbons (Fsp3) is 0.364. The number of carbonyl (C=O) groups excluding carboxylic acids is 1. The lowest BCUT2D eigenvalue weighted by atomic mass is 10.1. The first-order chi connectivity index (χ1) is 8.70. The quantitative estimate of drug-likeness (QED) is 0.677. The van der Waals surface area contributed by atoms with Gasteiger partial charge in [0.2, 0.25) is 0 Å². The first-order valence-electron chi connectivity index (χ1n) is 5.31. The summed E-state index contributed by atoms with van der Waals surface area (Å²) in [5.41, 5.74) is 0.330.